The molecule has 0 aromatic rings. The molecule has 3 heterocycles. The van der Waals surface area contributed by atoms with Crippen LogP contribution in [0.1, 0.15) is 39.0 Å². The Morgan fingerprint density at radius 1 is 1.17 bits per heavy atom. The second-order valence-electron chi connectivity index (χ2n) is 8.80. The lowest BCUT2D eigenvalue weighted by atomic mass is 9.74. The molecule has 4 N–H and O–H groups in total. The average molecular weight is 439 g/mol. The predicted octanol–water partition coefficient (Wildman–Crippen LogP) is 1.12. The minimum absolute atomic E-state index is 0.0768. The van der Waals surface area contributed by atoms with E-state index in [9.17, 15) is 18.0 Å². The van der Waals surface area contributed by atoms with Gasteiger partial charge in [-0.15, -0.1) is 11.6 Å². The summed E-state index contributed by atoms with van der Waals surface area (Å²) in [6, 6.07) is -0.115. The Balaban J connectivity index is 1.41. The van der Waals surface area contributed by atoms with Crippen LogP contribution in [0, 0.1) is 11.8 Å². The molecule has 0 spiro atoms. The fourth-order valence-corrected chi connectivity index (χ4v) is 5.94. The molecule has 1 aliphatic carbocycles. The molecule has 11 heteroatoms. The molecule has 0 radical (unpaired) electrons. The van der Waals surface area contributed by atoms with E-state index >= 15 is 0 Å². The van der Waals surface area contributed by atoms with Gasteiger partial charge in [0.25, 0.3) is 5.91 Å². The lowest BCUT2D eigenvalue weighted by Gasteiger charge is -2.45. The van der Waals surface area contributed by atoms with Gasteiger partial charge in [-0.25, -0.2) is 15.9 Å². The predicted molar refractivity (Wildman–Crippen MR) is 102 cm³/mol. The number of amides is 1. The van der Waals surface area contributed by atoms with Gasteiger partial charge in [-0.2, -0.15) is 18.7 Å². The zero-order valence-corrected chi connectivity index (χ0v) is 17.3. The highest BCUT2D eigenvalue weighted by Crippen LogP contribution is 2.44. The smallest absolute Gasteiger partial charge is 0.295 e. The summed E-state index contributed by atoms with van der Waals surface area (Å²) in [5.41, 5.74) is 11.9. The Morgan fingerprint density at radius 2 is 1.93 bits per heavy atom. The number of hydrazine groups is 3. The molecule has 4 aliphatic rings. The van der Waals surface area contributed by atoms with Crippen molar-refractivity contribution in [2.45, 2.75) is 74.7 Å². The standard InChI is InChI=1S/C18H30ClF3N6O/c1-10(11-4-2-3-5-12(11)18(20,21)22)28-14-6-7-27(9-13(14)24-26-28)15-8-23-25-17(29)16(15)19/h10-16,23-24,26H,2-9H2,1H3,(H,25,29)/t10-,11?,12?,13?,14?,15?,16?/m0/s1. The summed E-state index contributed by atoms with van der Waals surface area (Å²) in [5, 5.41) is 1.40. The van der Waals surface area contributed by atoms with Gasteiger partial charge in [0, 0.05) is 37.8 Å². The molecule has 0 aromatic carbocycles. The van der Waals surface area contributed by atoms with Gasteiger partial charge >= 0.3 is 6.18 Å². The highest BCUT2D eigenvalue weighted by molar-refractivity contribution is 6.31. The second kappa shape index (κ2) is 8.47. The molecular weight excluding hydrogens is 409 g/mol. The van der Waals surface area contributed by atoms with Crippen molar-refractivity contribution in [3.63, 3.8) is 0 Å². The van der Waals surface area contributed by atoms with Crippen molar-refractivity contribution in [2.24, 2.45) is 11.8 Å². The maximum atomic E-state index is 13.6. The molecule has 0 aromatic heterocycles. The van der Waals surface area contributed by atoms with Crippen molar-refractivity contribution in [3.8, 4) is 0 Å². The van der Waals surface area contributed by atoms with Crippen LogP contribution < -0.4 is 21.8 Å². The molecule has 1 saturated carbocycles. The van der Waals surface area contributed by atoms with E-state index < -0.39 is 23.4 Å². The van der Waals surface area contributed by atoms with Crippen LogP contribution in [0.25, 0.3) is 0 Å². The number of rotatable bonds is 3. The Hall–Kier alpha value is -0.650. The first-order valence-corrected chi connectivity index (χ1v) is 11.0. The van der Waals surface area contributed by atoms with E-state index in [4.69, 9.17) is 11.6 Å². The molecule has 3 saturated heterocycles. The van der Waals surface area contributed by atoms with E-state index in [2.05, 4.69) is 26.7 Å². The number of carbonyl (C=O) groups is 1. The monoisotopic (exact) mass is 438 g/mol. The minimum Gasteiger partial charge on any atom is -0.295 e. The zero-order chi connectivity index (χ0) is 20.8. The summed E-state index contributed by atoms with van der Waals surface area (Å²) in [6.45, 7) is 3.93. The molecule has 7 atom stereocenters. The molecule has 29 heavy (non-hydrogen) atoms. The number of hydrogen-bond acceptors (Lipinski definition) is 6. The molecule has 7 nitrogen and oxygen atoms in total. The first-order valence-electron chi connectivity index (χ1n) is 10.5. The van der Waals surface area contributed by atoms with Crippen molar-refractivity contribution in [1.82, 2.24) is 31.7 Å². The third kappa shape index (κ3) is 4.24. The summed E-state index contributed by atoms with van der Waals surface area (Å²) >= 11 is 6.30. The second-order valence-corrected chi connectivity index (χ2v) is 9.27. The van der Waals surface area contributed by atoms with Gasteiger partial charge in [-0.1, -0.05) is 12.8 Å². The number of likely N-dealkylation sites (tertiary alicyclic amines) is 1. The maximum absolute atomic E-state index is 13.6. The van der Waals surface area contributed by atoms with E-state index in [1.165, 1.54) is 0 Å². The Labute approximate surface area is 174 Å². The minimum atomic E-state index is -4.14. The van der Waals surface area contributed by atoms with E-state index in [0.717, 1.165) is 19.4 Å². The van der Waals surface area contributed by atoms with Crippen molar-refractivity contribution in [3.05, 3.63) is 0 Å². The van der Waals surface area contributed by atoms with Crippen molar-refractivity contribution < 1.29 is 18.0 Å². The fourth-order valence-electron chi connectivity index (χ4n) is 5.64. The molecule has 0 bridgehead atoms. The summed E-state index contributed by atoms with van der Waals surface area (Å²) in [7, 11) is 0. The summed E-state index contributed by atoms with van der Waals surface area (Å²) in [4.78, 5) is 14.0. The van der Waals surface area contributed by atoms with Gasteiger partial charge in [-0.05, 0) is 32.1 Å². The number of nitrogens with one attached hydrogen (secondary N) is 4. The number of nitrogens with zero attached hydrogens (tertiary/aromatic N) is 2. The third-order valence-electron chi connectivity index (χ3n) is 7.22. The first-order chi connectivity index (χ1) is 13.8. The van der Waals surface area contributed by atoms with Crippen LogP contribution in [0.2, 0.25) is 0 Å². The SMILES string of the molecule is C[C@@H](C1CCCCC1C(F)(F)F)N1NNC2CN(C3CNNC(=O)C3Cl)CCC21. The summed E-state index contributed by atoms with van der Waals surface area (Å²) in [6.07, 6.45) is -0.972. The number of halogens is 4. The number of piperidine rings is 1. The topological polar surface area (TPSA) is 71.7 Å². The molecule has 4 rings (SSSR count). The molecule has 166 valence electrons. The van der Waals surface area contributed by atoms with Gasteiger partial charge in [0.15, 0.2) is 0 Å². The van der Waals surface area contributed by atoms with Crippen LogP contribution >= 0.6 is 11.6 Å². The molecule has 4 fully saturated rings. The summed E-state index contributed by atoms with van der Waals surface area (Å²) < 4.78 is 40.8. The Kier molecular flexibility index (Phi) is 6.30. The van der Waals surface area contributed by atoms with Gasteiger partial charge in [0.1, 0.15) is 5.38 Å². The molecule has 6 unspecified atom stereocenters. The van der Waals surface area contributed by atoms with E-state index in [1.807, 2.05) is 11.9 Å². The van der Waals surface area contributed by atoms with Crippen LogP contribution in [0.3, 0.4) is 0 Å². The fraction of sp³-hybridized carbons (Fsp3) is 0.944. The average Bonchev–Trinajstić information content (AvgIpc) is 3.12. The lowest BCUT2D eigenvalue weighted by Crippen LogP contribution is -2.65. The van der Waals surface area contributed by atoms with E-state index in [0.29, 0.717) is 25.9 Å². The first kappa shape index (κ1) is 21.6. The highest BCUT2D eigenvalue weighted by atomic mass is 35.5. The van der Waals surface area contributed by atoms with Crippen molar-refractivity contribution >= 4 is 17.5 Å². The zero-order valence-electron chi connectivity index (χ0n) is 16.5. The number of carbonyl (C=O) groups excluding carboxylic acids is 1. The Morgan fingerprint density at radius 3 is 2.69 bits per heavy atom. The van der Waals surface area contributed by atoms with Crippen LogP contribution in [0.4, 0.5) is 13.2 Å². The normalized spacial score (nSPS) is 41.1. The van der Waals surface area contributed by atoms with Crippen LogP contribution in [-0.4, -0.2) is 71.2 Å². The highest BCUT2D eigenvalue weighted by Gasteiger charge is 2.51. The van der Waals surface area contributed by atoms with Crippen molar-refractivity contribution in [2.75, 3.05) is 19.6 Å². The molecular formula is C18H30ClF3N6O. The van der Waals surface area contributed by atoms with Gasteiger partial charge < -0.3 is 0 Å². The largest absolute Gasteiger partial charge is 0.392 e. The summed E-state index contributed by atoms with van der Waals surface area (Å²) in [5.74, 6) is -1.85. The Bertz CT molecular complexity index is 611. The van der Waals surface area contributed by atoms with Gasteiger partial charge in [0.2, 0.25) is 0 Å². The van der Waals surface area contributed by atoms with Crippen LogP contribution in [0.15, 0.2) is 0 Å². The number of hydrogen-bond donors (Lipinski definition) is 4. The quantitative estimate of drug-likeness (QED) is 0.495. The van der Waals surface area contributed by atoms with E-state index in [1.54, 1.807) is 0 Å². The van der Waals surface area contributed by atoms with Crippen LogP contribution in [-0.2, 0) is 4.79 Å². The van der Waals surface area contributed by atoms with Crippen LogP contribution in [0.5, 0.6) is 0 Å². The van der Waals surface area contributed by atoms with Crippen molar-refractivity contribution in [1.29, 1.82) is 0 Å². The number of alkyl halides is 4. The van der Waals surface area contributed by atoms with E-state index in [-0.39, 0.29) is 36.5 Å². The maximum Gasteiger partial charge on any atom is 0.392 e. The lowest BCUT2D eigenvalue weighted by molar-refractivity contribution is -0.204. The molecule has 1 amide bonds. The number of fused-ring (bicyclic) bond motifs is 1. The van der Waals surface area contributed by atoms with Gasteiger partial charge in [-0.3, -0.25) is 15.1 Å². The third-order valence-corrected chi connectivity index (χ3v) is 7.71. The van der Waals surface area contributed by atoms with Gasteiger partial charge in [0.05, 0.1) is 12.0 Å². The molecule has 3 aliphatic heterocycles.